The van der Waals surface area contributed by atoms with Crippen LogP contribution in [0.3, 0.4) is 0 Å². The summed E-state index contributed by atoms with van der Waals surface area (Å²) < 4.78 is 0. The summed E-state index contributed by atoms with van der Waals surface area (Å²) in [7, 11) is 0. The Bertz CT molecular complexity index is 131. The van der Waals surface area contributed by atoms with E-state index in [1.165, 1.54) is 0 Å². The second-order valence-corrected chi connectivity index (χ2v) is 2.41. The van der Waals surface area contributed by atoms with Crippen molar-refractivity contribution in [1.82, 2.24) is 5.32 Å². The van der Waals surface area contributed by atoms with Crippen LogP contribution in [0.5, 0.6) is 0 Å². The minimum atomic E-state index is -0.974. The average Bonchev–Trinajstić information content (AvgIpc) is 2.48. The lowest BCUT2D eigenvalue weighted by atomic mass is 10.3. The topological polar surface area (TPSA) is 75.3 Å². The van der Waals surface area contributed by atoms with Crippen molar-refractivity contribution in [3.05, 3.63) is 0 Å². The van der Waals surface area contributed by atoms with Gasteiger partial charge in [0.25, 0.3) is 0 Å². The fourth-order valence-electron chi connectivity index (χ4n) is 0.758. The Kier molecular flexibility index (Phi) is 1.32. The molecule has 1 aliphatic carbocycles. The van der Waals surface area contributed by atoms with Crippen molar-refractivity contribution in [2.45, 2.75) is 18.4 Å². The van der Waals surface area contributed by atoms with Gasteiger partial charge in [0.05, 0.1) is 5.54 Å². The third-order valence-electron chi connectivity index (χ3n) is 1.62. The summed E-state index contributed by atoms with van der Waals surface area (Å²) in [5.74, 6) is 0. The van der Waals surface area contributed by atoms with Gasteiger partial charge in [0.15, 0.2) is 0 Å². The first-order valence-electron chi connectivity index (χ1n) is 2.90. The Morgan fingerprint density at radius 2 is 2.33 bits per heavy atom. The Hall–Kier alpha value is -0.770. The number of rotatable bonds is 2. The Labute approximate surface area is 53.0 Å². The molecular formula is C5H10N2O2. The second kappa shape index (κ2) is 1.88. The molecule has 0 aromatic rings. The summed E-state index contributed by atoms with van der Waals surface area (Å²) in [6, 6.07) is 0. The van der Waals surface area contributed by atoms with E-state index in [0.29, 0.717) is 6.54 Å². The average molecular weight is 130 g/mol. The summed E-state index contributed by atoms with van der Waals surface area (Å²) in [6.45, 7) is 0.416. The van der Waals surface area contributed by atoms with Crippen LogP contribution >= 0.6 is 0 Å². The quantitative estimate of drug-likeness (QED) is 0.482. The van der Waals surface area contributed by atoms with Crippen LogP contribution in [0, 0.1) is 0 Å². The Morgan fingerprint density at radius 3 is 2.44 bits per heavy atom. The molecule has 0 spiro atoms. The molecule has 1 rings (SSSR count). The number of amides is 1. The van der Waals surface area contributed by atoms with Crippen LogP contribution in [0.25, 0.3) is 0 Å². The zero-order valence-corrected chi connectivity index (χ0v) is 5.05. The van der Waals surface area contributed by atoms with Gasteiger partial charge in [-0.1, -0.05) is 0 Å². The number of nitrogens with two attached hydrogens (primary N) is 1. The van der Waals surface area contributed by atoms with E-state index in [0.717, 1.165) is 12.8 Å². The molecule has 0 aromatic carbocycles. The third-order valence-corrected chi connectivity index (χ3v) is 1.62. The molecule has 1 fully saturated rings. The molecule has 52 valence electrons. The summed E-state index contributed by atoms with van der Waals surface area (Å²) >= 11 is 0. The maximum atomic E-state index is 10.0. The van der Waals surface area contributed by atoms with Crippen molar-refractivity contribution >= 4 is 6.09 Å². The van der Waals surface area contributed by atoms with Gasteiger partial charge in [0.2, 0.25) is 0 Å². The largest absolute Gasteiger partial charge is 0.465 e. The fraction of sp³-hybridized carbons (Fsp3) is 0.800. The van der Waals surface area contributed by atoms with E-state index in [4.69, 9.17) is 10.8 Å². The first-order valence-corrected chi connectivity index (χ1v) is 2.90. The number of nitrogens with one attached hydrogen (secondary N) is 1. The van der Waals surface area contributed by atoms with Crippen LogP contribution < -0.4 is 11.1 Å². The van der Waals surface area contributed by atoms with Crippen molar-refractivity contribution in [2.24, 2.45) is 5.73 Å². The van der Waals surface area contributed by atoms with Crippen LogP contribution in [0.15, 0.2) is 0 Å². The van der Waals surface area contributed by atoms with Crippen molar-refractivity contribution < 1.29 is 9.90 Å². The molecule has 4 nitrogen and oxygen atoms in total. The van der Waals surface area contributed by atoms with Gasteiger partial charge in [-0.15, -0.1) is 0 Å². The van der Waals surface area contributed by atoms with Gasteiger partial charge in [-0.2, -0.15) is 0 Å². The third kappa shape index (κ3) is 1.32. The number of carboxylic acid groups (broad SMARTS) is 1. The minimum Gasteiger partial charge on any atom is -0.465 e. The van der Waals surface area contributed by atoms with E-state index >= 15 is 0 Å². The van der Waals surface area contributed by atoms with Crippen molar-refractivity contribution in [1.29, 1.82) is 0 Å². The Morgan fingerprint density at radius 1 is 1.78 bits per heavy atom. The van der Waals surface area contributed by atoms with Gasteiger partial charge in [0.1, 0.15) is 0 Å². The van der Waals surface area contributed by atoms with Gasteiger partial charge >= 0.3 is 6.09 Å². The maximum Gasteiger partial charge on any atom is 0.405 e. The SMILES string of the molecule is NCC1(NC(=O)O)CC1. The minimum absolute atomic E-state index is 0.258. The smallest absolute Gasteiger partial charge is 0.405 e. The molecular weight excluding hydrogens is 120 g/mol. The zero-order valence-electron chi connectivity index (χ0n) is 5.05. The first kappa shape index (κ1) is 6.35. The highest BCUT2D eigenvalue weighted by molar-refractivity contribution is 5.66. The number of carbonyl (C=O) groups is 1. The molecule has 9 heavy (non-hydrogen) atoms. The van der Waals surface area contributed by atoms with E-state index in [1.54, 1.807) is 0 Å². The molecule has 0 heterocycles. The van der Waals surface area contributed by atoms with Crippen molar-refractivity contribution in [3.63, 3.8) is 0 Å². The maximum absolute atomic E-state index is 10.0. The summed E-state index contributed by atoms with van der Waals surface area (Å²) in [5.41, 5.74) is 5.03. The van der Waals surface area contributed by atoms with Gasteiger partial charge in [-0.25, -0.2) is 4.79 Å². The number of hydrogen-bond acceptors (Lipinski definition) is 2. The van der Waals surface area contributed by atoms with E-state index in [2.05, 4.69) is 5.32 Å². The van der Waals surface area contributed by atoms with E-state index < -0.39 is 6.09 Å². The van der Waals surface area contributed by atoms with Crippen LogP contribution in [-0.4, -0.2) is 23.3 Å². The first-order chi connectivity index (χ1) is 4.18. The highest BCUT2D eigenvalue weighted by atomic mass is 16.4. The number of hydrogen-bond donors (Lipinski definition) is 3. The van der Waals surface area contributed by atoms with E-state index in [-0.39, 0.29) is 5.54 Å². The monoisotopic (exact) mass is 130 g/mol. The van der Waals surface area contributed by atoms with Crippen LogP contribution in [0.1, 0.15) is 12.8 Å². The second-order valence-electron chi connectivity index (χ2n) is 2.41. The molecule has 4 N–H and O–H groups in total. The standard InChI is InChI=1S/C5H10N2O2/c6-3-5(1-2-5)7-4(8)9/h7H,1-3,6H2,(H,8,9). The molecule has 0 radical (unpaired) electrons. The lowest BCUT2D eigenvalue weighted by Crippen LogP contribution is -2.41. The molecule has 4 heteroatoms. The predicted molar refractivity (Wildman–Crippen MR) is 32.2 cm³/mol. The molecule has 0 aromatic heterocycles. The normalized spacial score (nSPS) is 21.0. The van der Waals surface area contributed by atoms with Crippen LogP contribution in [-0.2, 0) is 0 Å². The van der Waals surface area contributed by atoms with E-state index in [1.807, 2.05) is 0 Å². The molecule has 1 aliphatic rings. The van der Waals surface area contributed by atoms with Crippen LogP contribution in [0.2, 0.25) is 0 Å². The van der Waals surface area contributed by atoms with Gasteiger partial charge in [-0.3, -0.25) is 0 Å². The molecule has 0 aliphatic heterocycles. The van der Waals surface area contributed by atoms with Gasteiger partial charge in [0, 0.05) is 6.54 Å². The molecule has 1 saturated carbocycles. The summed E-state index contributed by atoms with van der Waals surface area (Å²) in [4.78, 5) is 10.0. The van der Waals surface area contributed by atoms with E-state index in [9.17, 15) is 4.79 Å². The van der Waals surface area contributed by atoms with Crippen molar-refractivity contribution in [3.8, 4) is 0 Å². The lowest BCUT2D eigenvalue weighted by Gasteiger charge is -2.10. The Balaban J connectivity index is 2.33. The van der Waals surface area contributed by atoms with Crippen molar-refractivity contribution in [2.75, 3.05) is 6.54 Å². The lowest BCUT2D eigenvalue weighted by molar-refractivity contribution is 0.188. The molecule has 0 saturated heterocycles. The predicted octanol–water partition coefficient (Wildman–Crippen LogP) is -0.255. The van der Waals surface area contributed by atoms with Gasteiger partial charge < -0.3 is 16.2 Å². The molecule has 1 amide bonds. The molecule has 0 atom stereocenters. The zero-order chi connectivity index (χ0) is 6.91. The molecule has 0 bridgehead atoms. The fourth-order valence-corrected chi connectivity index (χ4v) is 0.758. The molecule has 0 unspecified atom stereocenters. The van der Waals surface area contributed by atoms with Crippen LogP contribution in [0.4, 0.5) is 4.79 Å². The highest BCUT2D eigenvalue weighted by Gasteiger charge is 2.42. The highest BCUT2D eigenvalue weighted by Crippen LogP contribution is 2.33. The summed E-state index contributed by atoms with van der Waals surface area (Å²) in [5, 5.41) is 10.6. The summed E-state index contributed by atoms with van der Waals surface area (Å²) in [6.07, 6.45) is 0.795. The van der Waals surface area contributed by atoms with Gasteiger partial charge in [-0.05, 0) is 12.8 Å².